The average Bonchev–Trinajstić information content (AvgIpc) is 3.07. The van der Waals surface area contributed by atoms with Gasteiger partial charge in [0.25, 0.3) is 11.7 Å². The number of carbonyl (C=O) groups is 2. The largest absolute Gasteiger partial charge is 0.507 e. The van der Waals surface area contributed by atoms with Crippen molar-refractivity contribution < 1.29 is 34.0 Å². The molecule has 1 saturated heterocycles. The monoisotopic (exact) mass is 483 g/mol. The Morgan fingerprint density at radius 3 is 2.37 bits per heavy atom. The van der Waals surface area contributed by atoms with E-state index in [1.165, 1.54) is 25.2 Å². The molecule has 8 nitrogen and oxygen atoms in total. The van der Waals surface area contributed by atoms with Crippen LogP contribution in [0.5, 0.6) is 17.2 Å². The van der Waals surface area contributed by atoms with E-state index in [1.807, 2.05) is 26.8 Å². The van der Waals surface area contributed by atoms with E-state index < -0.39 is 17.7 Å². The third-order valence-electron chi connectivity index (χ3n) is 6.00. The highest BCUT2D eigenvalue weighted by molar-refractivity contribution is 6.46. The van der Waals surface area contributed by atoms with E-state index in [0.29, 0.717) is 23.5 Å². The van der Waals surface area contributed by atoms with Gasteiger partial charge in [-0.1, -0.05) is 32.9 Å². The zero-order chi connectivity index (χ0) is 25.9. The molecule has 3 rings (SSSR count). The lowest BCUT2D eigenvalue weighted by Gasteiger charge is -2.26. The normalized spacial score (nSPS) is 17.7. The predicted molar refractivity (Wildman–Crippen MR) is 132 cm³/mol. The number of amides is 1. The number of aliphatic hydroxyl groups excluding tert-OH is 1. The van der Waals surface area contributed by atoms with E-state index in [9.17, 15) is 19.8 Å². The van der Waals surface area contributed by atoms with Gasteiger partial charge in [-0.3, -0.25) is 9.59 Å². The van der Waals surface area contributed by atoms with E-state index in [-0.39, 0.29) is 41.4 Å². The zero-order valence-electron chi connectivity index (χ0n) is 21.0. The quantitative estimate of drug-likeness (QED) is 0.330. The number of nitrogens with zero attached hydrogens (tertiary/aromatic N) is 1. The van der Waals surface area contributed by atoms with Gasteiger partial charge in [0.2, 0.25) is 0 Å². The Hall–Kier alpha value is -3.52. The molecule has 1 unspecified atom stereocenters. The van der Waals surface area contributed by atoms with Crippen molar-refractivity contribution in [2.45, 2.75) is 39.2 Å². The fourth-order valence-electron chi connectivity index (χ4n) is 4.12. The Bertz CT molecular complexity index is 1150. The molecule has 1 aliphatic heterocycles. The summed E-state index contributed by atoms with van der Waals surface area (Å²) in [6.07, 6.45) is 0. The number of methoxy groups -OCH3 is 2. The fraction of sp³-hybridized carbons (Fsp3) is 0.407. The first-order valence-electron chi connectivity index (χ1n) is 11.5. The van der Waals surface area contributed by atoms with Gasteiger partial charge in [0.05, 0.1) is 37.5 Å². The summed E-state index contributed by atoms with van der Waals surface area (Å²) >= 11 is 0. The molecule has 0 bridgehead atoms. The molecule has 8 heteroatoms. The fourth-order valence-corrected chi connectivity index (χ4v) is 4.12. The molecule has 1 aliphatic rings. The van der Waals surface area contributed by atoms with E-state index in [4.69, 9.17) is 14.2 Å². The summed E-state index contributed by atoms with van der Waals surface area (Å²) in [6.45, 7) is 8.54. The van der Waals surface area contributed by atoms with Crippen LogP contribution >= 0.6 is 0 Å². The number of benzene rings is 2. The summed E-state index contributed by atoms with van der Waals surface area (Å²) in [5, 5.41) is 21.7. The van der Waals surface area contributed by atoms with Crippen LogP contribution in [-0.2, 0) is 19.7 Å². The second-order valence-electron chi connectivity index (χ2n) is 9.31. The standard InChI is InChI=1S/C27H33NO7/c1-7-35-21-14-16(8-10-19(21)29)23-22(25(31)26(32)28(23)12-13-33-5)24(30)18-15-17(27(2,3)4)9-11-20(18)34-6/h8-11,14-15,23,29-30H,7,12-13H2,1-6H3/b24-22+. The minimum Gasteiger partial charge on any atom is -0.507 e. The Morgan fingerprint density at radius 1 is 1.06 bits per heavy atom. The highest BCUT2D eigenvalue weighted by Gasteiger charge is 2.46. The van der Waals surface area contributed by atoms with Crippen LogP contribution in [0, 0.1) is 0 Å². The van der Waals surface area contributed by atoms with Gasteiger partial charge in [-0.2, -0.15) is 0 Å². The van der Waals surface area contributed by atoms with Gasteiger partial charge >= 0.3 is 0 Å². The molecule has 2 N–H and O–H groups in total. The van der Waals surface area contributed by atoms with Crippen molar-refractivity contribution in [2.75, 3.05) is 34.0 Å². The second-order valence-corrected chi connectivity index (χ2v) is 9.31. The molecule has 0 aliphatic carbocycles. The van der Waals surface area contributed by atoms with Crippen molar-refractivity contribution in [1.82, 2.24) is 4.90 Å². The van der Waals surface area contributed by atoms with Crippen LogP contribution in [0.15, 0.2) is 42.0 Å². The van der Waals surface area contributed by atoms with Gasteiger partial charge in [-0.15, -0.1) is 0 Å². The molecule has 1 heterocycles. The molecule has 0 radical (unpaired) electrons. The first-order chi connectivity index (χ1) is 16.5. The third kappa shape index (κ3) is 5.12. The van der Waals surface area contributed by atoms with Crippen molar-refractivity contribution in [3.63, 3.8) is 0 Å². The van der Waals surface area contributed by atoms with Crippen molar-refractivity contribution in [2.24, 2.45) is 0 Å². The van der Waals surface area contributed by atoms with Crippen molar-refractivity contribution in [3.05, 3.63) is 58.7 Å². The summed E-state index contributed by atoms with van der Waals surface area (Å²) in [7, 11) is 2.98. The second kappa shape index (κ2) is 10.4. The molecule has 0 spiro atoms. The maximum Gasteiger partial charge on any atom is 0.295 e. The number of carbonyl (C=O) groups excluding carboxylic acids is 2. The van der Waals surface area contributed by atoms with E-state index in [0.717, 1.165) is 5.56 Å². The minimum atomic E-state index is -0.909. The van der Waals surface area contributed by atoms with E-state index >= 15 is 0 Å². The van der Waals surface area contributed by atoms with Crippen molar-refractivity contribution in [3.8, 4) is 17.2 Å². The molecular formula is C27H33NO7. The van der Waals surface area contributed by atoms with Crippen LogP contribution < -0.4 is 9.47 Å². The highest BCUT2D eigenvalue weighted by Crippen LogP contribution is 2.43. The molecule has 188 valence electrons. The Balaban J connectivity index is 2.28. The van der Waals surface area contributed by atoms with Gasteiger partial charge in [0.15, 0.2) is 11.5 Å². The molecule has 35 heavy (non-hydrogen) atoms. The molecule has 1 atom stereocenters. The van der Waals surface area contributed by atoms with Gasteiger partial charge in [0.1, 0.15) is 11.5 Å². The number of ketones is 1. The number of Topliss-reactive ketones (excluding diaryl/α,β-unsaturated/α-hetero) is 1. The molecule has 0 aromatic heterocycles. The first kappa shape index (κ1) is 26.1. The third-order valence-corrected chi connectivity index (χ3v) is 6.00. The summed E-state index contributed by atoms with van der Waals surface area (Å²) in [5.41, 5.74) is 1.46. The number of aromatic hydroxyl groups is 1. The number of hydrogen-bond donors (Lipinski definition) is 2. The van der Waals surface area contributed by atoms with Crippen molar-refractivity contribution in [1.29, 1.82) is 0 Å². The number of phenols is 1. The maximum atomic E-state index is 13.3. The number of ether oxygens (including phenoxy) is 3. The SMILES string of the molecule is CCOc1cc(C2/C(=C(\O)c3cc(C(C)(C)C)ccc3OC)C(=O)C(=O)N2CCOC)ccc1O. The lowest BCUT2D eigenvalue weighted by molar-refractivity contribution is -0.140. The number of hydrogen-bond acceptors (Lipinski definition) is 7. The predicted octanol–water partition coefficient (Wildman–Crippen LogP) is 4.17. The first-order valence-corrected chi connectivity index (χ1v) is 11.5. The summed E-state index contributed by atoms with van der Waals surface area (Å²) in [4.78, 5) is 27.7. The van der Waals surface area contributed by atoms with Crippen LogP contribution in [0.2, 0.25) is 0 Å². The number of rotatable bonds is 8. The number of likely N-dealkylation sites (tertiary alicyclic amines) is 1. The molecule has 0 saturated carbocycles. The van der Waals surface area contributed by atoms with Gasteiger partial charge in [-0.25, -0.2) is 0 Å². The molecule has 2 aromatic carbocycles. The minimum absolute atomic E-state index is 0.0657. The van der Waals surface area contributed by atoms with Crippen LogP contribution in [-0.4, -0.2) is 60.8 Å². The average molecular weight is 484 g/mol. The van der Waals surface area contributed by atoms with Crippen LogP contribution in [0.4, 0.5) is 0 Å². The summed E-state index contributed by atoms with van der Waals surface area (Å²) < 4.78 is 16.1. The Morgan fingerprint density at radius 2 is 1.77 bits per heavy atom. The van der Waals surface area contributed by atoms with Crippen LogP contribution in [0.3, 0.4) is 0 Å². The molecule has 1 amide bonds. The smallest absolute Gasteiger partial charge is 0.295 e. The summed E-state index contributed by atoms with van der Waals surface area (Å²) in [5.74, 6) is -1.36. The lowest BCUT2D eigenvalue weighted by Crippen LogP contribution is -2.32. The van der Waals surface area contributed by atoms with Gasteiger partial charge in [-0.05, 0) is 47.7 Å². The zero-order valence-corrected chi connectivity index (χ0v) is 21.0. The molecule has 2 aromatic rings. The number of phenolic OH excluding ortho intramolecular Hbond substituents is 1. The maximum absolute atomic E-state index is 13.3. The topological polar surface area (TPSA) is 106 Å². The highest BCUT2D eigenvalue weighted by atomic mass is 16.5. The Kier molecular flexibility index (Phi) is 7.75. The van der Waals surface area contributed by atoms with Crippen molar-refractivity contribution >= 4 is 17.4 Å². The molecular weight excluding hydrogens is 450 g/mol. The van der Waals surface area contributed by atoms with Crippen LogP contribution in [0.1, 0.15) is 50.4 Å². The van der Waals surface area contributed by atoms with Gasteiger partial charge in [0, 0.05) is 13.7 Å². The van der Waals surface area contributed by atoms with Gasteiger partial charge < -0.3 is 29.3 Å². The number of aliphatic hydroxyl groups is 1. The van der Waals surface area contributed by atoms with Crippen LogP contribution in [0.25, 0.3) is 5.76 Å². The molecule has 1 fully saturated rings. The summed E-state index contributed by atoms with van der Waals surface area (Å²) in [6, 6.07) is 9.12. The van der Waals surface area contributed by atoms with E-state index in [2.05, 4.69) is 0 Å². The van der Waals surface area contributed by atoms with E-state index in [1.54, 1.807) is 31.2 Å². The lowest BCUT2D eigenvalue weighted by atomic mass is 9.85. The Labute approximate surface area is 205 Å².